The third kappa shape index (κ3) is 7.04. The smallest absolute Gasteiger partial charge is 0.500 e. The van der Waals surface area contributed by atoms with Crippen molar-refractivity contribution in [1.29, 1.82) is 0 Å². The van der Waals surface area contributed by atoms with Gasteiger partial charge in [-0.2, -0.15) is 28.0 Å². The fraction of sp³-hybridized carbons (Fsp3) is 0.173. The van der Waals surface area contributed by atoms with Gasteiger partial charge in [-0.25, -0.2) is 4.98 Å². The molecule has 0 amide bonds. The fourth-order valence-corrected chi connectivity index (χ4v) is 11.3. The summed E-state index contributed by atoms with van der Waals surface area (Å²) in [5, 5.41) is 9.59. The summed E-state index contributed by atoms with van der Waals surface area (Å²) < 4.78 is 11.0. The summed E-state index contributed by atoms with van der Waals surface area (Å²) in [6, 6.07) is 48.5. The number of nitrogens with zero attached hydrogens (tertiary/aromatic N) is 5. The number of pyridine rings is 2. The zero-order valence-electron chi connectivity index (χ0n) is 35.7. The Kier molecular flexibility index (Phi) is 10.0. The van der Waals surface area contributed by atoms with Crippen LogP contribution >= 0.6 is 0 Å². The van der Waals surface area contributed by atoms with Gasteiger partial charge in [0, 0.05) is 32.2 Å². The normalized spacial score (nSPS) is 12.5. The van der Waals surface area contributed by atoms with Gasteiger partial charge in [-0.15, -0.1) is 23.8 Å². The molecule has 5 aromatic heterocycles. The van der Waals surface area contributed by atoms with Crippen molar-refractivity contribution in [2.75, 3.05) is 0 Å². The van der Waals surface area contributed by atoms with E-state index in [2.05, 4.69) is 197 Å². The number of rotatable bonds is 8. The number of furan rings is 1. The maximum atomic E-state index is 6.81. The summed E-state index contributed by atoms with van der Waals surface area (Å²) in [5.74, 6) is 0. The molecule has 61 heavy (non-hydrogen) atoms. The summed E-state index contributed by atoms with van der Waals surface area (Å²) in [7, 11) is -3.47. The second-order valence-corrected chi connectivity index (χ2v) is 28.6. The van der Waals surface area contributed by atoms with Gasteiger partial charge in [0.2, 0.25) is 0 Å². The van der Waals surface area contributed by atoms with Crippen LogP contribution in [0, 0.1) is 12.1 Å². The van der Waals surface area contributed by atoms with E-state index >= 15 is 0 Å². The molecule has 0 aliphatic heterocycles. The van der Waals surface area contributed by atoms with Crippen molar-refractivity contribution >= 4 is 65.1 Å². The predicted octanol–water partition coefficient (Wildman–Crippen LogP) is 12.0. The van der Waals surface area contributed by atoms with Gasteiger partial charge in [0.05, 0.1) is 36.3 Å². The zero-order chi connectivity index (χ0) is 41.6. The molecule has 0 aliphatic carbocycles. The average Bonchev–Trinajstić information content (AvgIpc) is 3.99. The van der Waals surface area contributed by atoms with Gasteiger partial charge in [0.15, 0.2) is 0 Å². The van der Waals surface area contributed by atoms with Crippen LogP contribution in [0.3, 0.4) is 0 Å². The maximum absolute atomic E-state index is 6.81. The molecule has 6 nitrogen and oxygen atoms in total. The van der Waals surface area contributed by atoms with Gasteiger partial charge in [-0.05, 0) is 56.9 Å². The van der Waals surface area contributed by atoms with Gasteiger partial charge in [0.25, 0.3) is 0 Å². The van der Waals surface area contributed by atoms with E-state index in [0.717, 1.165) is 77.8 Å². The molecular weight excluding hydrogens is 962 g/mol. The first-order valence-electron chi connectivity index (χ1n) is 20.7. The molecule has 0 aliphatic rings. The molecular formula is C52H47N5OPtSi2. The minimum Gasteiger partial charge on any atom is -0.500 e. The Hall–Kier alpha value is -5.67. The van der Waals surface area contributed by atoms with Crippen LogP contribution in [0.25, 0.3) is 77.8 Å². The molecule has 5 aromatic carbocycles. The second kappa shape index (κ2) is 15.1. The molecule has 0 saturated carbocycles. The van der Waals surface area contributed by atoms with E-state index in [-0.39, 0.29) is 21.1 Å². The van der Waals surface area contributed by atoms with Gasteiger partial charge in [-0.3, -0.25) is 9.08 Å². The molecule has 0 bridgehead atoms. The maximum Gasteiger partial charge on any atom is 2.00 e. The summed E-state index contributed by atoms with van der Waals surface area (Å²) in [6.07, 6.45) is 8.21. The Labute approximate surface area is 373 Å². The monoisotopic (exact) mass is 1010 g/mol. The van der Waals surface area contributed by atoms with E-state index < -0.39 is 21.6 Å². The third-order valence-electron chi connectivity index (χ3n) is 12.0. The first-order valence-corrected chi connectivity index (χ1v) is 27.7. The number of imidazole rings is 1. The Morgan fingerprint density at radius 1 is 0.705 bits per heavy atom. The van der Waals surface area contributed by atoms with Crippen LogP contribution < -0.4 is 10.4 Å². The Morgan fingerprint density at radius 2 is 1.43 bits per heavy atom. The summed E-state index contributed by atoms with van der Waals surface area (Å²) in [4.78, 5) is 10.3. The van der Waals surface area contributed by atoms with Crippen molar-refractivity contribution < 1.29 is 25.5 Å². The summed E-state index contributed by atoms with van der Waals surface area (Å²) in [5.41, 5.74) is 13.2. The van der Waals surface area contributed by atoms with Crippen LogP contribution in [-0.4, -0.2) is 40.3 Å². The minimum absolute atomic E-state index is 0. The zero-order valence-corrected chi connectivity index (χ0v) is 40.0. The minimum atomic E-state index is -1.89. The number of hydrogen-bond donors (Lipinski definition) is 0. The van der Waals surface area contributed by atoms with Gasteiger partial charge in [0.1, 0.15) is 11.2 Å². The van der Waals surface area contributed by atoms with Gasteiger partial charge in [-0.1, -0.05) is 143 Å². The molecule has 9 heteroatoms. The summed E-state index contributed by atoms with van der Waals surface area (Å²) in [6.45, 7) is 18.9. The van der Waals surface area contributed by atoms with Crippen LogP contribution in [-0.2, 0) is 26.5 Å². The molecule has 304 valence electrons. The molecule has 0 unspecified atom stereocenters. The van der Waals surface area contributed by atoms with Crippen LogP contribution in [0.15, 0.2) is 144 Å². The predicted molar refractivity (Wildman–Crippen MR) is 253 cm³/mol. The molecule has 0 atom stereocenters. The number of hydrogen-bond acceptors (Lipinski definition) is 4. The average molecular weight is 1010 g/mol. The van der Waals surface area contributed by atoms with E-state index in [4.69, 9.17) is 19.5 Å². The molecule has 10 rings (SSSR count). The molecule has 0 spiro atoms. The van der Waals surface area contributed by atoms with Crippen molar-refractivity contribution in [3.05, 3.63) is 163 Å². The van der Waals surface area contributed by atoms with Crippen molar-refractivity contribution in [2.45, 2.75) is 58.5 Å². The topological polar surface area (TPSA) is 61.1 Å². The molecule has 0 fully saturated rings. The van der Waals surface area contributed by atoms with Crippen LogP contribution in [0.1, 0.15) is 25.0 Å². The van der Waals surface area contributed by atoms with Crippen LogP contribution in [0.2, 0.25) is 39.3 Å². The number of fused-ring (bicyclic) bond motifs is 7. The molecule has 0 N–H and O–H groups in total. The van der Waals surface area contributed by atoms with Gasteiger partial charge >= 0.3 is 21.1 Å². The number of para-hydroxylation sites is 2. The van der Waals surface area contributed by atoms with Crippen LogP contribution in [0.5, 0.6) is 0 Å². The van der Waals surface area contributed by atoms with E-state index in [1.807, 2.05) is 16.9 Å². The Bertz CT molecular complexity index is 3260. The van der Waals surface area contributed by atoms with Crippen molar-refractivity contribution in [3.63, 3.8) is 0 Å². The standard InChI is InChI=1S/C52H47N5OSi2.Pt/c1-52(2,43-30-37(22-25-48(43)60(6,7)8)57-33-35(31-54-57)40-19-13-12-18-39(40)34-16-10-9-11-17-34)36-28-41(44-24-23-38(32-53-44)59(3,4)5)50-42(29-36)49-47(58-50)26-27-56-46-21-15-14-20-45(46)55-51(49)56;/h9-27,29,31-33H,1-8H3;/q-2;+2. The van der Waals surface area contributed by atoms with E-state index in [1.54, 1.807) is 0 Å². The largest absolute Gasteiger partial charge is 2.00 e. The third-order valence-corrected chi connectivity index (χ3v) is 16.1. The summed E-state index contributed by atoms with van der Waals surface area (Å²) >= 11 is 0. The quantitative estimate of drug-likeness (QED) is 0.112. The molecule has 0 saturated heterocycles. The van der Waals surface area contributed by atoms with E-state index in [1.165, 1.54) is 21.5 Å². The fourth-order valence-electron chi connectivity index (χ4n) is 8.59. The first-order chi connectivity index (χ1) is 28.8. The second-order valence-electron chi connectivity index (χ2n) is 18.5. The Morgan fingerprint density at radius 3 is 2.15 bits per heavy atom. The first kappa shape index (κ1) is 40.7. The van der Waals surface area contributed by atoms with Gasteiger partial charge < -0.3 is 9.40 Å². The van der Waals surface area contributed by atoms with E-state index in [0.29, 0.717) is 0 Å². The number of aromatic nitrogens is 5. The Balaban J connectivity index is 0.00000476. The van der Waals surface area contributed by atoms with Crippen molar-refractivity contribution in [1.82, 2.24) is 24.1 Å². The van der Waals surface area contributed by atoms with Crippen molar-refractivity contribution in [2.24, 2.45) is 0 Å². The van der Waals surface area contributed by atoms with E-state index in [9.17, 15) is 0 Å². The molecule has 10 aromatic rings. The molecule has 0 radical (unpaired) electrons. The molecule has 5 heterocycles. The van der Waals surface area contributed by atoms with Crippen LogP contribution in [0.4, 0.5) is 0 Å². The SMILES string of the molecule is CC(C)(c1[c-]c(-c2ccc([Si](C)(C)C)cn2)c2oc3ccn4c5ccccc5nc4c3c2c1)c1[c-]c(-n2cc(-c3ccccc3-c3ccccc3)cn2)ccc1[Si](C)(C)C.[Pt+2]. The number of benzene rings is 5. The van der Waals surface area contributed by atoms with Crippen molar-refractivity contribution in [3.8, 4) is 39.2 Å².